The summed E-state index contributed by atoms with van der Waals surface area (Å²) in [5.74, 6) is -1.91. The number of nitrogens with zero attached hydrogens (tertiary/aromatic N) is 1. The number of nitrogens with two attached hydrogens (primary N) is 1. The van der Waals surface area contributed by atoms with Gasteiger partial charge in [-0.1, -0.05) is 15.9 Å². The molecule has 1 aromatic carbocycles. The predicted molar refractivity (Wildman–Crippen MR) is 91.4 cm³/mol. The van der Waals surface area contributed by atoms with Crippen molar-refractivity contribution in [2.45, 2.75) is 18.5 Å². The number of halogens is 1. The van der Waals surface area contributed by atoms with Crippen LogP contribution in [0.1, 0.15) is 12.5 Å². The maximum atomic E-state index is 13.1. The molecule has 25 heavy (non-hydrogen) atoms. The number of hydrogen-bond donors (Lipinski definition) is 2. The molecule has 0 saturated carbocycles. The summed E-state index contributed by atoms with van der Waals surface area (Å²) in [6.45, 7) is 2.41. The number of nitrogens with one attached hydrogen (secondary N) is 1. The van der Waals surface area contributed by atoms with Gasteiger partial charge in [0.2, 0.25) is 17.4 Å². The molecule has 0 radical (unpaired) electrons. The number of anilines is 1. The number of rotatable bonds is 3. The largest absolute Gasteiger partial charge is 0.383 e. The predicted octanol–water partition coefficient (Wildman–Crippen LogP) is -0.190. The molecule has 0 bridgehead atoms. The van der Waals surface area contributed by atoms with Crippen molar-refractivity contribution < 1.29 is 24.4 Å². The summed E-state index contributed by atoms with van der Waals surface area (Å²) >= 11 is 3.44. The summed E-state index contributed by atoms with van der Waals surface area (Å²) in [7, 11) is 1.53. The van der Waals surface area contributed by atoms with Crippen molar-refractivity contribution in [3.05, 3.63) is 28.2 Å². The number of carbonyl (C=O) groups excluding carboxylic acids is 3. The minimum atomic E-state index is -1.09. The van der Waals surface area contributed by atoms with Crippen LogP contribution in [0.25, 0.3) is 0 Å². The number of benzene rings is 1. The fourth-order valence-electron chi connectivity index (χ4n) is 4.57. The molecule has 132 valence electrons. The number of ether oxygens (including phenoxy) is 1. The first-order valence-corrected chi connectivity index (χ1v) is 9.02. The molecule has 1 aromatic rings. The molecule has 3 N–H and O–H groups in total. The van der Waals surface area contributed by atoms with Gasteiger partial charge in [0, 0.05) is 17.1 Å². The van der Waals surface area contributed by atoms with Gasteiger partial charge in [0.1, 0.15) is 11.8 Å². The minimum absolute atomic E-state index is 0.162. The van der Waals surface area contributed by atoms with E-state index in [9.17, 15) is 14.4 Å². The Hall–Kier alpha value is -1.77. The van der Waals surface area contributed by atoms with Gasteiger partial charge in [0.05, 0.1) is 24.9 Å². The Morgan fingerprint density at radius 2 is 2.08 bits per heavy atom. The third kappa shape index (κ3) is 2.07. The maximum absolute atomic E-state index is 13.1. The van der Waals surface area contributed by atoms with Crippen LogP contribution in [0.4, 0.5) is 5.69 Å². The molecule has 8 heteroatoms. The molecular weight excluding hydrogens is 390 g/mol. The number of carbonyl (C=O) groups is 3. The first kappa shape index (κ1) is 16.7. The van der Waals surface area contributed by atoms with Crippen molar-refractivity contribution >= 4 is 39.3 Å². The van der Waals surface area contributed by atoms with E-state index in [1.54, 1.807) is 0 Å². The van der Waals surface area contributed by atoms with Gasteiger partial charge in [-0.3, -0.25) is 19.3 Å². The van der Waals surface area contributed by atoms with Gasteiger partial charge in [0.15, 0.2) is 0 Å². The average Bonchev–Trinajstić information content (AvgIpc) is 3.12. The number of hydrogen-bond acceptors (Lipinski definition) is 4. The number of quaternary nitrogens is 1. The van der Waals surface area contributed by atoms with Gasteiger partial charge in [-0.25, -0.2) is 0 Å². The lowest BCUT2D eigenvalue weighted by Gasteiger charge is -2.25. The van der Waals surface area contributed by atoms with E-state index in [0.29, 0.717) is 5.69 Å². The Kier molecular flexibility index (Phi) is 3.75. The third-order valence-corrected chi connectivity index (χ3v) is 6.09. The average molecular weight is 409 g/mol. The molecule has 0 aromatic heterocycles. The molecular formula is C17H19BrN3O4+. The Balaban J connectivity index is 1.83. The lowest BCUT2D eigenvalue weighted by Crippen LogP contribution is -2.98. The maximum Gasteiger partial charge on any atom is 0.291 e. The standard InChI is InChI=1S/C17H18BrN3O4/c1-8-12-13(15(23)21(14(12)22)5-6-25-2)17(20-8)10-7-9(18)3-4-11(10)19-16(17)24/h3-4,7-8,12-13,20H,5-6H2,1-2H3,(H,19,24)/p+1/t8-,12-,13+,17+/m1/s1. The van der Waals surface area contributed by atoms with Crippen molar-refractivity contribution in [3.63, 3.8) is 0 Å². The highest BCUT2D eigenvalue weighted by molar-refractivity contribution is 9.10. The number of imide groups is 1. The van der Waals surface area contributed by atoms with E-state index < -0.39 is 17.4 Å². The highest BCUT2D eigenvalue weighted by Crippen LogP contribution is 2.49. The fourth-order valence-corrected chi connectivity index (χ4v) is 4.94. The molecule has 3 heterocycles. The first-order chi connectivity index (χ1) is 11.9. The van der Waals surface area contributed by atoms with Crippen molar-refractivity contribution in [3.8, 4) is 0 Å². The van der Waals surface area contributed by atoms with E-state index in [2.05, 4.69) is 21.2 Å². The number of fused-ring (bicyclic) bond motifs is 4. The molecule has 2 fully saturated rings. The topological polar surface area (TPSA) is 92.3 Å². The highest BCUT2D eigenvalue weighted by atomic mass is 79.9. The Morgan fingerprint density at radius 3 is 2.80 bits per heavy atom. The SMILES string of the molecule is COCCN1C(=O)[C@H]2[C@@H](C1=O)[C@]1([NH2+][C@@H]2C)C(=O)Nc2ccc(Br)cc21. The van der Waals surface area contributed by atoms with Gasteiger partial charge in [-0.2, -0.15) is 0 Å². The number of amides is 3. The molecule has 2 saturated heterocycles. The van der Waals surface area contributed by atoms with E-state index in [-0.39, 0.29) is 36.9 Å². The lowest BCUT2D eigenvalue weighted by molar-refractivity contribution is -0.730. The molecule has 0 aliphatic carbocycles. The normalized spacial score (nSPS) is 33.2. The second kappa shape index (κ2) is 5.62. The van der Waals surface area contributed by atoms with Crippen LogP contribution in [0.5, 0.6) is 0 Å². The zero-order valence-corrected chi connectivity index (χ0v) is 15.5. The van der Waals surface area contributed by atoms with E-state index in [0.717, 1.165) is 10.0 Å². The molecule has 1 spiro atoms. The first-order valence-electron chi connectivity index (χ1n) is 8.23. The zero-order valence-electron chi connectivity index (χ0n) is 13.9. The van der Waals surface area contributed by atoms with Crippen molar-refractivity contribution in [1.82, 2.24) is 4.90 Å². The van der Waals surface area contributed by atoms with Crippen LogP contribution in [0.2, 0.25) is 0 Å². The van der Waals surface area contributed by atoms with E-state index >= 15 is 0 Å². The van der Waals surface area contributed by atoms with E-state index in [1.807, 2.05) is 30.4 Å². The monoisotopic (exact) mass is 408 g/mol. The summed E-state index contributed by atoms with van der Waals surface area (Å²) in [5.41, 5.74) is 0.381. The molecule has 4 atom stereocenters. The Bertz CT molecular complexity index is 798. The summed E-state index contributed by atoms with van der Waals surface area (Å²) in [6, 6.07) is 5.38. The second-order valence-corrected chi connectivity index (χ2v) is 7.78. The summed E-state index contributed by atoms with van der Waals surface area (Å²) < 4.78 is 5.85. The van der Waals surface area contributed by atoms with Crippen LogP contribution in [-0.2, 0) is 24.7 Å². The molecule has 4 rings (SSSR count). The molecule has 0 unspecified atom stereocenters. The van der Waals surface area contributed by atoms with Crippen LogP contribution in [-0.4, -0.2) is 48.9 Å². The van der Waals surface area contributed by atoms with Gasteiger partial charge < -0.3 is 15.4 Å². The van der Waals surface area contributed by atoms with Crippen LogP contribution in [0.3, 0.4) is 0 Å². The van der Waals surface area contributed by atoms with Gasteiger partial charge in [0.25, 0.3) is 5.91 Å². The van der Waals surface area contributed by atoms with Crippen LogP contribution in [0.15, 0.2) is 22.7 Å². The quantitative estimate of drug-likeness (QED) is 0.677. The zero-order chi connectivity index (χ0) is 17.9. The summed E-state index contributed by atoms with van der Waals surface area (Å²) in [6.07, 6.45) is 0. The third-order valence-electron chi connectivity index (χ3n) is 5.60. The van der Waals surface area contributed by atoms with Crippen molar-refractivity contribution in [1.29, 1.82) is 0 Å². The van der Waals surface area contributed by atoms with E-state index in [1.165, 1.54) is 12.0 Å². The summed E-state index contributed by atoms with van der Waals surface area (Å²) in [4.78, 5) is 40.1. The highest BCUT2D eigenvalue weighted by Gasteiger charge is 2.73. The van der Waals surface area contributed by atoms with Crippen LogP contribution < -0.4 is 10.6 Å². The van der Waals surface area contributed by atoms with E-state index in [4.69, 9.17) is 4.74 Å². The summed E-state index contributed by atoms with van der Waals surface area (Å²) in [5, 5.41) is 4.77. The van der Waals surface area contributed by atoms with Crippen molar-refractivity contribution in [2.24, 2.45) is 11.8 Å². The van der Waals surface area contributed by atoms with Crippen molar-refractivity contribution in [2.75, 3.05) is 25.6 Å². The number of methoxy groups -OCH3 is 1. The van der Waals surface area contributed by atoms with Crippen LogP contribution in [0, 0.1) is 11.8 Å². The second-order valence-electron chi connectivity index (χ2n) is 6.86. The molecule has 3 aliphatic rings. The molecule has 3 aliphatic heterocycles. The fraction of sp³-hybridized carbons (Fsp3) is 0.471. The molecule has 3 amide bonds. The number of likely N-dealkylation sites (tertiary alicyclic amines) is 1. The molecule has 7 nitrogen and oxygen atoms in total. The lowest BCUT2D eigenvalue weighted by atomic mass is 9.76. The Morgan fingerprint density at radius 1 is 1.32 bits per heavy atom. The van der Waals surface area contributed by atoms with Gasteiger partial charge in [-0.05, 0) is 25.1 Å². The Labute approximate surface area is 153 Å². The minimum Gasteiger partial charge on any atom is -0.383 e. The van der Waals surface area contributed by atoms with Gasteiger partial charge in [-0.15, -0.1) is 0 Å². The smallest absolute Gasteiger partial charge is 0.291 e. The van der Waals surface area contributed by atoms with Crippen LogP contribution >= 0.6 is 15.9 Å². The van der Waals surface area contributed by atoms with Gasteiger partial charge >= 0.3 is 0 Å².